The highest BCUT2D eigenvalue weighted by molar-refractivity contribution is 5.72. The Morgan fingerprint density at radius 2 is 2.04 bits per heavy atom. The quantitative estimate of drug-likeness (QED) is 0.856. The van der Waals surface area contributed by atoms with Gasteiger partial charge in [0.15, 0.2) is 11.6 Å². The van der Waals surface area contributed by atoms with Gasteiger partial charge in [-0.25, -0.2) is 13.2 Å². The predicted molar refractivity (Wildman–Crippen MR) is 72.6 cm³/mol. The van der Waals surface area contributed by atoms with Gasteiger partial charge in [-0.3, -0.25) is 4.79 Å². The van der Waals surface area contributed by atoms with E-state index in [9.17, 15) is 27.5 Å². The third-order valence-electron chi connectivity index (χ3n) is 5.23. The van der Waals surface area contributed by atoms with E-state index in [-0.39, 0.29) is 24.8 Å². The average Bonchev–Trinajstić information content (AvgIpc) is 3.00. The van der Waals surface area contributed by atoms with E-state index in [0.717, 1.165) is 13.2 Å². The molecule has 3 nitrogen and oxygen atoms in total. The molecule has 2 aliphatic rings. The molecule has 4 atom stereocenters. The third kappa shape index (κ3) is 2.37. The summed E-state index contributed by atoms with van der Waals surface area (Å²) in [6.45, 7) is 0. The Labute approximate surface area is 130 Å². The highest BCUT2D eigenvalue weighted by Crippen LogP contribution is 2.61. The van der Waals surface area contributed by atoms with Crippen molar-refractivity contribution < 1.29 is 32.2 Å². The summed E-state index contributed by atoms with van der Waals surface area (Å²) < 4.78 is 60.2. The summed E-state index contributed by atoms with van der Waals surface area (Å²) in [7, 11) is 1.15. The van der Waals surface area contributed by atoms with E-state index < -0.39 is 52.9 Å². The van der Waals surface area contributed by atoms with Crippen LogP contribution >= 0.6 is 0 Å². The van der Waals surface area contributed by atoms with E-state index in [1.54, 1.807) is 0 Å². The second-order valence-corrected chi connectivity index (χ2v) is 6.26. The van der Waals surface area contributed by atoms with E-state index in [4.69, 9.17) is 4.74 Å². The highest BCUT2D eigenvalue weighted by Gasteiger charge is 2.60. The van der Waals surface area contributed by atoms with Crippen LogP contribution in [-0.4, -0.2) is 24.1 Å². The second kappa shape index (κ2) is 5.39. The number of benzene rings is 1. The van der Waals surface area contributed by atoms with Gasteiger partial charge in [0, 0.05) is 23.8 Å². The van der Waals surface area contributed by atoms with Crippen molar-refractivity contribution in [2.75, 3.05) is 7.11 Å². The lowest BCUT2D eigenvalue weighted by Gasteiger charge is -2.24. The molecule has 126 valence electrons. The van der Waals surface area contributed by atoms with Crippen LogP contribution in [0.25, 0.3) is 0 Å². The minimum atomic E-state index is -2.92. The van der Waals surface area contributed by atoms with Gasteiger partial charge in [-0.2, -0.15) is 4.39 Å². The maximum Gasteiger partial charge on any atom is 0.307 e. The van der Waals surface area contributed by atoms with E-state index in [1.807, 2.05) is 0 Å². The molecule has 0 spiro atoms. The number of aliphatic carboxylic acids is 1. The first-order valence-corrected chi connectivity index (χ1v) is 7.40. The molecule has 0 heterocycles. The number of carbonyl (C=O) groups is 1. The molecule has 0 aliphatic heterocycles. The zero-order valence-corrected chi connectivity index (χ0v) is 12.4. The molecule has 0 amide bonds. The number of alkyl halides is 2. The number of carboxylic acids is 1. The molecule has 0 aromatic heterocycles. The number of rotatable bonds is 3. The number of methoxy groups -OCH3 is 1. The van der Waals surface area contributed by atoms with Crippen molar-refractivity contribution in [2.45, 2.75) is 31.1 Å². The first kappa shape index (κ1) is 16.1. The molecule has 0 bridgehead atoms. The zero-order chi connectivity index (χ0) is 16.9. The van der Waals surface area contributed by atoms with Crippen LogP contribution in [0.4, 0.5) is 17.6 Å². The molecule has 7 heteroatoms. The standard InChI is InChI=1S/C16H16F4O3/c1-23-14-8(2-3-11(17)13(14)18)12-7-4-5-16(19,20)10(7)6-9(12)15(21)22/h2-3,7,9-10,12H,4-6H2,1H3,(H,21,22)/t7-,9-,10-,12+/m1/s1. The van der Waals surface area contributed by atoms with Crippen molar-refractivity contribution in [1.82, 2.24) is 0 Å². The zero-order valence-electron chi connectivity index (χ0n) is 12.4. The first-order valence-electron chi connectivity index (χ1n) is 7.40. The van der Waals surface area contributed by atoms with Gasteiger partial charge in [-0.15, -0.1) is 0 Å². The molecule has 2 aliphatic carbocycles. The fourth-order valence-corrected chi connectivity index (χ4v) is 4.27. The summed E-state index contributed by atoms with van der Waals surface area (Å²) in [5.74, 6) is -10.4. The van der Waals surface area contributed by atoms with Gasteiger partial charge in [0.2, 0.25) is 5.82 Å². The molecule has 2 fully saturated rings. The molecule has 0 unspecified atom stereocenters. The number of hydrogen-bond donors (Lipinski definition) is 1. The third-order valence-corrected chi connectivity index (χ3v) is 5.23. The Morgan fingerprint density at radius 1 is 1.35 bits per heavy atom. The smallest absolute Gasteiger partial charge is 0.307 e. The minimum Gasteiger partial charge on any atom is -0.493 e. The molecular formula is C16H16F4O3. The summed E-state index contributed by atoms with van der Waals surface area (Å²) in [5, 5.41) is 9.40. The number of fused-ring (bicyclic) bond motifs is 1. The monoisotopic (exact) mass is 332 g/mol. The largest absolute Gasteiger partial charge is 0.493 e. The average molecular weight is 332 g/mol. The van der Waals surface area contributed by atoms with E-state index in [1.165, 1.54) is 6.07 Å². The molecule has 0 saturated heterocycles. The maximum atomic E-state index is 14.0. The van der Waals surface area contributed by atoms with E-state index in [0.29, 0.717) is 0 Å². The van der Waals surface area contributed by atoms with Gasteiger partial charge in [0.1, 0.15) is 0 Å². The number of halogens is 4. The van der Waals surface area contributed by atoms with Crippen molar-refractivity contribution in [2.24, 2.45) is 17.8 Å². The van der Waals surface area contributed by atoms with E-state index in [2.05, 4.69) is 0 Å². The van der Waals surface area contributed by atoms with Crippen molar-refractivity contribution in [3.63, 3.8) is 0 Å². The Morgan fingerprint density at radius 3 is 2.65 bits per heavy atom. The number of carboxylic acid groups (broad SMARTS) is 1. The first-order chi connectivity index (χ1) is 10.8. The Balaban J connectivity index is 2.10. The normalized spacial score (nSPS) is 31.9. The van der Waals surface area contributed by atoms with Crippen molar-refractivity contribution in [1.29, 1.82) is 0 Å². The summed E-state index contributed by atoms with van der Waals surface area (Å²) in [5.41, 5.74) is 0.156. The van der Waals surface area contributed by atoms with Crippen LogP contribution in [0, 0.1) is 29.4 Å². The Bertz CT molecular complexity index is 646. The fraction of sp³-hybridized carbons (Fsp3) is 0.562. The minimum absolute atomic E-state index is 0.156. The predicted octanol–water partition coefficient (Wildman–Crippen LogP) is 3.82. The van der Waals surface area contributed by atoms with Crippen LogP contribution in [0.5, 0.6) is 5.75 Å². The molecule has 3 rings (SSSR count). The van der Waals surface area contributed by atoms with Crippen molar-refractivity contribution >= 4 is 5.97 Å². The summed E-state index contributed by atoms with van der Waals surface area (Å²) in [6, 6.07) is 2.13. The number of ether oxygens (including phenoxy) is 1. The second-order valence-electron chi connectivity index (χ2n) is 6.26. The fourth-order valence-electron chi connectivity index (χ4n) is 4.27. The van der Waals surface area contributed by atoms with Gasteiger partial charge < -0.3 is 9.84 Å². The van der Waals surface area contributed by atoms with Crippen LogP contribution in [-0.2, 0) is 4.79 Å². The van der Waals surface area contributed by atoms with E-state index >= 15 is 0 Å². The van der Waals surface area contributed by atoms with Crippen molar-refractivity contribution in [3.05, 3.63) is 29.3 Å². The van der Waals surface area contributed by atoms with Gasteiger partial charge in [-0.1, -0.05) is 6.07 Å². The molecular weight excluding hydrogens is 316 g/mol. The van der Waals surface area contributed by atoms with Gasteiger partial charge >= 0.3 is 5.97 Å². The maximum absolute atomic E-state index is 14.0. The molecule has 1 aromatic rings. The molecule has 23 heavy (non-hydrogen) atoms. The SMILES string of the molecule is COc1c([C@@H]2[C@@H]3CCC(F)(F)[C@@H]3C[C@H]2C(=O)O)ccc(F)c1F. The highest BCUT2D eigenvalue weighted by atomic mass is 19.3. The number of hydrogen-bond acceptors (Lipinski definition) is 2. The van der Waals surface area contributed by atoms with Crippen LogP contribution < -0.4 is 4.74 Å². The lowest BCUT2D eigenvalue weighted by Crippen LogP contribution is -2.23. The lowest BCUT2D eigenvalue weighted by atomic mass is 9.81. The molecule has 1 N–H and O–H groups in total. The molecule has 2 saturated carbocycles. The van der Waals surface area contributed by atoms with Gasteiger partial charge in [-0.05, 0) is 24.8 Å². The Hall–Kier alpha value is -1.79. The molecule has 0 radical (unpaired) electrons. The summed E-state index contributed by atoms with van der Waals surface area (Å²) in [6.07, 6.45) is -0.314. The molecule has 1 aromatic carbocycles. The van der Waals surface area contributed by atoms with Gasteiger partial charge in [0.25, 0.3) is 5.92 Å². The topological polar surface area (TPSA) is 46.5 Å². The summed E-state index contributed by atoms with van der Waals surface area (Å²) in [4.78, 5) is 11.5. The van der Waals surface area contributed by atoms with Gasteiger partial charge in [0.05, 0.1) is 13.0 Å². The van der Waals surface area contributed by atoms with Crippen molar-refractivity contribution in [3.8, 4) is 5.75 Å². The summed E-state index contributed by atoms with van der Waals surface area (Å²) >= 11 is 0. The lowest BCUT2D eigenvalue weighted by molar-refractivity contribution is -0.142. The van der Waals surface area contributed by atoms with Crippen LogP contribution in [0.3, 0.4) is 0 Å². The Kier molecular flexibility index (Phi) is 3.77. The van der Waals surface area contributed by atoms with Crippen LogP contribution in [0.15, 0.2) is 12.1 Å². The van der Waals surface area contributed by atoms with Crippen LogP contribution in [0.1, 0.15) is 30.7 Å². The van der Waals surface area contributed by atoms with Crippen LogP contribution in [0.2, 0.25) is 0 Å².